The largest absolute Gasteiger partial charge is 0.350 e. The van der Waals surface area contributed by atoms with E-state index in [-0.39, 0.29) is 17.8 Å². The summed E-state index contributed by atoms with van der Waals surface area (Å²) in [6.07, 6.45) is 2.51. The summed E-state index contributed by atoms with van der Waals surface area (Å²) in [6.45, 7) is 2.21. The predicted molar refractivity (Wildman–Crippen MR) is 102 cm³/mol. The van der Waals surface area contributed by atoms with Gasteiger partial charge < -0.3 is 5.32 Å². The van der Waals surface area contributed by atoms with E-state index in [0.29, 0.717) is 24.4 Å². The molecule has 4 nitrogen and oxygen atoms in total. The highest BCUT2D eigenvalue weighted by Gasteiger charge is 2.28. The maximum absolute atomic E-state index is 13.0. The van der Waals surface area contributed by atoms with Crippen molar-refractivity contribution in [2.24, 2.45) is 5.92 Å². The molecule has 0 bridgehead atoms. The summed E-state index contributed by atoms with van der Waals surface area (Å²) < 4.78 is 13.0. The molecule has 2 aromatic carbocycles. The van der Waals surface area contributed by atoms with E-state index in [1.807, 2.05) is 18.2 Å². The van der Waals surface area contributed by atoms with Crippen LogP contribution in [0.5, 0.6) is 0 Å². The number of benzene rings is 2. The number of amides is 1. The fourth-order valence-electron chi connectivity index (χ4n) is 3.63. The van der Waals surface area contributed by atoms with Gasteiger partial charge in [-0.25, -0.2) is 4.39 Å². The number of carbonyl (C=O) groups is 1. The Morgan fingerprint density at radius 2 is 1.89 bits per heavy atom. The molecule has 0 aromatic heterocycles. The molecule has 1 N–H and O–H groups in total. The van der Waals surface area contributed by atoms with Gasteiger partial charge in [0.2, 0.25) is 0 Å². The molecule has 2 atom stereocenters. The number of piperidine rings is 1. The topological polar surface area (TPSA) is 56.1 Å². The minimum Gasteiger partial charge on any atom is -0.350 e. The van der Waals surface area contributed by atoms with Gasteiger partial charge in [0.1, 0.15) is 5.82 Å². The molecule has 5 heteroatoms. The van der Waals surface area contributed by atoms with Gasteiger partial charge in [-0.3, -0.25) is 9.69 Å². The molecule has 1 aliphatic heterocycles. The molecule has 0 saturated carbocycles. The van der Waals surface area contributed by atoms with Crippen LogP contribution in [0.4, 0.5) is 4.39 Å². The van der Waals surface area contributed by atoms with Crippen LogP contribution in [0.1, 0.15) is 35.2 Å². The van der Waals surface area contributed by atoms with Crippen molar-refractivity contribution in [3.05, 3.63) is 71.5 Å². The number of hydrogen-bond donors (Lipinski definition) is 1. The average Bonchev–Trinajstić information content (AvgIpc) is 2.69. The maximum Gasteiger partial charge on any atom is 0.251 e. The third-order valence-electron chi connectivity index (χ3n) is 5.13. The van der Waals surface area contributed by atoms with Gasteiger partial charge >= 0.3 is 0 Å². The summed E-state index contributed by atoms with van der Waals surface area (Å²) in [5.74, 6) is -0.159. The Bertz CT molecular complexity index is 785. The van der Waals surface area contributed by atoms with Gasteiger partial charge in [-0.1, -0.05) is 30.3 Å². The van der Waals surface area contributed by atoms with E-state index in [1.165, 1.54) is 29.8 Å². The number of nitriles is 1. The van der Waals surface area contributed by atoms with Crippen LogP contribution >= 0.6 is 0 Å². The summed E-state index contributed by atoms with van der Waals surface area (Å²) in [4.78, 5) is 14.7. The Labute approximate surface area is 159 Å². The quantitative estimate of drug-likeness (QED) is 0.848. The van der Waals surface area contributed by atoms with E-state index in [4.69, 9.17) is 5.26 Å². The fourth-order valence-corrected chi connectivity index (χ4v) is 3.63. The lowest BCUT2D eigenvalue weighted by Gasteiger charge is -2.39. The van der Waals surface area contributed by atoms with Crippen molar-refractivity contribution in [2.45, 2.75) is 31.8 Å². The van der Waals surface area contributed by atoms with Gasteiger partial charge in [0.15, 0.2) is 0 Å². The zero-order valence-corrected chi connectivity index (χ0v) is 15.3. The molecule has 0 radical (unpaired) electrons. The third kappa shape index (κ3) is 5.38. The van der Waals surface area contributed by atoms with Crippen LogP contribution in [-0.2, 0) is 6.54 Å². The molecule has 27 heavy (non-hydrogen) atoms. The molecule has 0 unspecified atom stereocenters. The molecule has 1 aliphatic rings. The number of nitrogens with zero attached hydrogens (tertiary/aromatic N) is 2. The zero-order valence-electron chi connectivity index (χ0n) is 15.3. The Balaban J connectivity index is 1.63. The van der Waals surface area contributed by atoms with Crippen molar-refractivity contribution in [3.63, 3.8) is 0 Å². The number of halogens is 1. The number of carbonyl (C=O) groups excluding carboxylic acids is 1. The lowest BCUT2D eigenvalue weighted by Crippen LogP contribution is -2.48. The van der Waals surface area contributed by atoms with E-state index >= 15 is 0 Å². The second-order valence-corrected chi connectivity index (χ2v) is 7.09. The second kappa shape index (κ2) is 9.29. The Morgan fingerprint density at radius 3 is 2.59 bits per heavy atom. The van der Waals surface area contributed by atoms with Crippen LogP contribution in [0.15, 0.2) is 54.6 Å². The average molecular weight is 365 g/mol. The van der Waals surface area contributed by atoms with Crippen molar-refractivity contribution in [1.29, 1.82) is 5.26 Å². The molecule has 0 aliphatic carbocycles. The number of hydrogen-bond acceptors (Lipinski definition) is 3. The molecule has 140 valence electrons. The highest BCUT2D eigenvalue weighted by molar-refractivity contribution is 5.94. The van der Waals surface area contributed by atoms with Crippen molar-refractivity contribution < 1.29 is 9.18 Å². The van der Waals surface area contributed by atoms with Crippen LogP contribution in [0.25, 0.3) is 0 Å². The standard InChI is InChI=1S/C22H24FN3O/c23-20-9-7-19(8-10-20)22(27)25-14-21-11-6-18(12-13-24)16-26(21)15-17-4-2-1-3-5-17/h1-5,7-10,18,21H,6,11-12,14-16H2,(H,25,27)/t18-,21-/m0/s1. The number of nitrogens with one attached hydrogen (secondary N) is 1. The second-order valence-electron chi connectivity index (χ2n) is 7.09. The van der Waals surface area contributed by atoms with Gasteiger partial charge in [0.25, 0.3) is 5.91 Å². The minimum atomic E-state index is -0.351. The van der Waals surface area contributed by atoms with Gasteiger partial charge in [-0.2, -0.15) is 5.26 Å². The lowest BCUT2D eigenvalue weighted by atomic mass is 9.90. The maximum atomic E-state index is 13.0. The normalized spacial score (nSPS) is 20.0. The highest BCUT2D eigenvalue weighted by Crippen LogP contribution is 2.25. The SMILES string of the molecule is N#CC[C@@H]1CC[C@@H](CNC(=O)c2ccc(F)cc2)N(Cc2ccccc2)C1. The van der Waals surface area contributed by atoms with E-state index in [0.717, 1.165) is 25.9 Å². The minimum absolute atomic E-state index is 0.186. The van der Waals surface area contributed by atoms with Crippen LogP contribution in [0.2, 0.25) is 0 Å². The van der Waals surface area contributed by atoms with Crippen molar-refractivity contribution in [1.82, 2.24) is 10.2 Å². The summed E-state index contributed by atoms with van der Waals surface area (Å²) in [5.41, 5.74) is 1.69. The molecule has 1 saturated heterocycles. The molecule has 3 rings (SSSR count). The Hall–Kier alpha value is -2.71. The molecule has 1 heterocycles. The molecule has 0 spiro atoms. The fraction of sp³-hybridized carbons (Fsp3) is 0.364. The molecular formula is C22H24FN3O. The van der Waals surface area contributed by atoms with Crippen LogP contribution < -0.4 is 5.32 Å². The van der Waals surface area contributed by atoms with E-state index in [2.05, 4.69) is 28.4 Å². The lowest BCUT2D eigenvalue weighted by molar-refractivity contribution is 0.0841. The molecule has 2 aromatic rings. The molecule has 1 amide bonds. The predicted octanol–water partition coefficient (Wildman–Crippen LogP) is 3.75. The first kappa shape index (κ1) is 19.1. The van der Waals surface area contributed by atoms with Crippen molar-refractivity contribution in [3.8, 4) is 6.07 Å². The first-order chi connectivity index (χ1) is 13.2. The number of likely N-dealkylation sites (tertiary alicyclic amines) is 1. The molecule has 1 fully saturated rings. The van der Waals surface area contributed by atoms with Gasteiger partial charge in [-0.05, 0) is 48.6 Å². The van der Waals surface area contributed by atoms with Gasteiger partial charge in [0, 0.05) is 37.7 Å². The summed E-state index contributed by atoms with van der Waals surface area (Å²) in [6, 6.07) is 18.3. The van der Waals surface area contributed by atoms with Crippen molar-refractivity contribution in [2.75, 3.05) is 13.1 Å². The van der Waals surface area contributed by atoms with Crippen molar-refractivity contribution >= 4 is 5.91 Å². The Morgan fingerprint density at radius 1 is 1.15 bits per heavy atom. The van der Waals surface area contributed by atoms with Gasteiger partial charge in [0.05, 0.1) is 6.07 Å². The third-order valence-corrected chi connectivity index (χ3v) is 5.13. The van der Waals surface area contributed by atoms with E-state index in [1.54, 1.807) is 0 Å². The number of rotatable bonds is 6. The van der Waals surface area contributed by atoms with Gasteiger partial charge in [-0.15, -0.1) is 0 Å². The van der Waals surface area contributed by atoms with E-state index < -0.39 is 0 Å². The zero-order chi connectivity index (χ0) is 19.1. The molecular weight excluding hydrogens is 341 g/mol. The highest BCUT2D eigenvalue weighted by atomic mass is 19.1. The summed E-state index contributed by atoms with van der Waals surface area (Å²) in [5, 5.41) is 12.0. The smallest absolute Gasteiger partial charge is 0.251 e. The first-order valence-electron chi connectivity index (χ1n) is 9.34. The monoisotopic (exact) mass is 365 g/mol. The summed E-state index contributed by atoms with van der Waals surface area (Å²) in [7, 11) is 0. The van der Waals surface area contributed by atoms with E-state index in [9.17, 15) is 9.18 Å². The van der Waals surface area contributed by atoms with Crippen LogP contribution in [-0.4, -0.2) is 29.9 Å². The van der Waals surface area contributed by atoms with Crippen LogP contribution in [0, 0.1) is 23.1 Å². The summed E-state index contributed by atoms with van der Waals surface area (Å²) >= 11 is 0. The van der Waals surface area contributed by atoms with Crippen LogP contribution in [0.3, 0.4) is 0 Å². The first-order valence-corrected chi connectivity index (χ1v) is 9.34. The Kier molecular flexibility index (Phi) is 6.56.